The molecule has 0 saturated carbocycles. The van der Waals surface area contributed by atoms with E-state index >= 15 is 0 Å². The van der Waals surface area contributed by atoms with Crippen molar-refractivity contribution in [1.82, 2.24) is 9.78 Å². The van der Waals surface area contributed by atoms with E-state index < -0.39 is 11.7 Å². The third kappa shape index (κ3) is 2.78. The van der Waals surface area contributed by atoms with Crippen LogP contribution in [-0.4, -0.2) is 15.7 Å². The second-order valence-corrected chi connectivity index (χ2v) is 5.98. The first-order valence-corrected chi connectivity index (χ1v) is 7.53. The molecule has 0 aliphatic heterocycles. The summed E-state index contributed by atoms with van der Waals surface area (Å²) < 4.78 is 15.4. The Hall–Kier alpha value is -2.47. The van der Waals surface area contributed by atoms with Gasteiger partial charge in [-0.15, -0.1) is 11.3 Å². The molecular formula is C16H14FN3OS. The van der Waals surface area contributed by atoms with Gasteiger partial charge in [0.05, 0.1) is 26.8 Å². The van der Waals surface area contributed by atoms with Crippen molar-refractivity contribution in [2.45, 2.75) is 6.92 Å². The summed E-state index contributed by atoms with van der Waals surface area (Å²) in [5, 5.41) is 7.70. The van der Waals surface area contributed by atoms with Gasteiger partial charge in [0, 0.05) is 7.05 Å². The number of hydrogen-bond acceptors (Lipinski definition) is 3. The summed E-state index contributed by atoms with van der Waals surface area (Å²) in [7, 11) is 1.87. The van der Waals surface area contributed by atoms with Crippen LogP contribution < -0.4 is 5.32 Å². The zero-order valence-electron chi connectivity index (χ0n) is 12.1. The van der Waals surface area contributed by atoms with E-state index in [1.54, 1.807) is 22.9 Å². The van der Waals surface area contributed by atoms with Crippen molar-refractivity contribution in [1.29, 1.82) is 0 Å². The number of aromatic nitrogens is 2. The van der Waals surface area contributed by atoms with Crippen molar-refractivity contribution < 1.29 is 9.18 Å². The van der Waals surface area contributed by atoms with Crippen LogP contribution in [0.5, 0.6) is 0 Å². The summed E-state index contributed by atoms with van der Waals surface area (Å²) >= 11 is 1.43. The Balaban J connectivity index is 1.82. The van der Waals surface area contributed by atoms with E-state index in [9.17, 15) is 9.18 Å². The quantitative estimate of drug-likeness (QED) is 0.798. The van der Waals surface area contributed by atoms with Crippen molar-refractivity contribution in [2.75, 3.05) is 5.32 Å². The highest BCUT2D eigenvalue weighted by atomic mass is 32.1. The van der Waals surface area contributed by atoms with E-state index in [1.165, 1.54) is 23.5 Å². The SMILES string of the molecule is Cc1cc(-c2ccc(NC(=O)c3ccccc3F)s2)n(C)n1. The molecule has 0 radical (unpaired) electrons. The first-order chi connectivity index (χ1) is 10.5. The topological polar surface area (TPSA) is 46.9 Å². The van der Waals surface area contributed by atoms with E-state index in [0.717, 1.165) is 16.3 Å². The van der Waals surface area contributed by atoms with Crippen LogP contribution in [0.25, 0.3) is 10.6 Å². The molecule has 1 aromatic carbocycles. The molecule has 0 spiro atoms. The molecule has 0 aliphatic rings. The number of anilines is 1. The average molecular weight is 315 g/mol. The van der Waals surface area contributed by atoms with Gasteiger partial charge in [-0.1, -0.05) is 12.1 Å². The molecular weight excluding hydrogens is 301 g/mol. The minimum Gasteiger partial charge on any atom is -0.313 e. The molecule has 4 nitrogen and oxygen atoms in total. The lowest BCUT2D eigenvalue weighted by Crippen LogP contribution is -2.12. The predicted molar refractivity (Wildman–Crippen MR) is 85.6 cm³/mol. The monoisotopic (exact) mass is 315 g/mol. The molecule has 22 heavy (non-hydrogen) atoms. The van der Waals surface area contributed by atoms with Gasteiger partial charge in [-0.2, -0.15) is 5.10 Å². The van der Waals surface area contributed by atoms with Gasteiger partial charge in [0.2, 0.25) is 0 Å². The number of carbonyl (C=O) groups is 1. The van der Waals surface area contributed by atoms with E-state index in [-0.39, 0.29) is 5.56 Å². The Morgan fingerprint density at radius 2 is 2.05 bits per heavy atom. The van der Waals surface area contributed by atoms with Crippen LogP contribution in [0.15, 0.2) is 42.5 Å². The van der Waals surface area contributed by atoms with Crippen LogP contribution in [0.3, 0.4) is 0 Å². The van der Waals surface area contributed by atoms with Crippen LogP contribution in [0, 0.1) is 12.7 Å². The number of rotatable bonds is 3. The molecule has 3 rings (SSSR count). The van der Waals surface area contributed by atoms with Gasteiger partial charge < -0.3 is 5.32 Å². The fourth-order valence-corrected chi connectivity index (χ4v) is 3.16. The number of benzene rings is 1. The van der Waals surface area contributed by atoms with Gasteiger partial charge in [-0.3, -0.25) is 9.48 Å². The summed E-state index contributed by atoms with van der Waals surface area (Å²) in [5.41, 5.74) is 1.95. The lowest BCUT2D eigenvalue weighted by Gasteiger charge is -2.03. The van der Waals surface area contributed by atoms with Gasteiger partial charge in [0.15, 0.2) is 0 Å². The maximum Gasteiger partial charge on any atom is 0.259 e. The highest BCUT2D eigenvalue weighted by molar-refractivity contribution is 7.19. The van der Waals surface area contributed by atoms with Gasteiger partial charge in [-0.25, -0.2) is 4.39 Å². The van der Waals surface area contributed by atoms with Gasteiger partial charge in [-0.05, 0) is 37.3 Å². The van der Waals surface area contributed by atoms with Crippen molar-refractivity contribution in [3.8, 4) is 10.6 Å². The lowest BCUT2D eigenvalue weighted by molar-refractivity contribution is 0.102. The van der Waals surface area contributed by atoms with E-state index in [0.29, 0.717) is 5.00 Å². The van der Waals surface area contributed by atoms with Crippen molar-refractivity contribution >= 4 is 22.2 Å². The summed E-state index contributed by atoms with van der Waals surface area (Å²) in [6.07, 6.45) is 0. The van der Waals surface area contributed by atoms with Crippen molar-refractivity contribution in [3.05, 3.63) is 59.5 Å². The van der Waals surface area contributed by atoms with Crippen molar-refractivity contribution in [2.24, 2.45) is 7.05 Å². The third-order valence-electron chi connectivity index (χ3n) is 3.22. The van der Waals surface area contributed by atoms with Gasteiger partial charge >= 0.3 is 0 Å². The number of thiophene rings is 1. The highest BCUT2D eigenvalue weighted by Gasteiger charge is 2.13. The summed E-state index contributed by atoms with van der Waals surface area (Å²) in [6.45, 7) is 1.93. The van der Waals surface area contributed by atoms with E-state index in [2.05, 4.69) is 10.4 Å². The first kappa shape index (κ1) is 14.5. The molecule has 112 valence electrons. The molecule has 2 heterocycles. The van der Waals surface area contributed by atoms with Crippen LogP contribution in [-0.2, 0) is 7.05 Å². The number of amides is 1. The second kappa shape index (κ2) is 5.73. The molecule has 0 saturated heterocycles. The standard InChI is InChI=1S/C16H14FN3OS/c1-10-9-13(20(2)19-10)14-7-8-15(22-14)18-16(21)11-5-3-4-6-12(11)17/h3-9H,1-2H3,(H,18,21). The Bertz CT molecular complexity index is 838. The molecule has 0 fully saturated rings. The Labute approximate surface area is 131 Å². The summed E-state index contributed by atoms with van der Waals surface area (Å²) in [6, 6.07) is 11.6. The second-order valence-electron chi connectivity index (χ2n) is 4.89. The number of aryl methyl sites for hydroxylation is 2. The number of halogens is 1. The number of hydrogen-bond donors (Lipinski definition) is 1. The maximum absolute atomic E-state index is 13.6. The molecule has 0 atom stereocenters. The Morgan fingerprint density at radius 3 is 2.73 bits per heavy atom. The average Bonchev–Trinajstić information content (AvgIpc) is 3.05. The molecule has 1 N–H and O–H groups in total. The number of nitrogens with zero attached hydrogens (tertiary/aromatic N) is 2. The zero-order valence-corrected chi connectivity index (χ0v) is 12.9. The summed E-state index contributed by atoms with van der Waals surface area (Å²) in [4.78, 5) is 13.1. The normalized spacial score (nSPS) is 10.7. The van der Waals surface area contributed by atoms with Crippen LogP contribution in [0.2, 0.25) is 0 Å². The van der Waals surface area contributed by atoms with Gasteiger partial charge in [0.1, 0.15) is 5.82 Å². The zero-order chi connectivity index (χ0) is 15.7. The predicted octanol–water partition coefficient (Wildman–Crippen LogP) is 3.85. The molecule has 2 aromatic heterocycles. The van der Waals surface area contributed by atoms with Crippen molar-refractivity contribution in [3.63, 3.8) is 0 Å². The highest BCUT2D eigenvalue weighted by Crippen LogP contribution is 2.31. The first-order valence-electron chi connectivity index (χ1n) is 6.71. The Kier molecular flexibility index (Phi) is 3.77. The van der Waals surface area contributed by atoms with Crippen LogP contribution >= 0.6 is 11.3 Å². The number of nitrogens with one attached hydrogen (secondary N) is 1. The Morgan fingerprint density at radius 1 is 1.27 bits per heavy atom. The third-order valence-corrected chi connectivity index (χ3v) is 4.24. The van der Waals surface area contributed by atoms with E-state index in [1.807, 2.05) is 26.1 Å². The maximum atomic E-state index is 13.6. The van der Waals surface area contributed by atoms with Crippen LogP contribution in [0.1, 0.15) is 16.1 Å². The van der Waals surface area contributed by atoms with E-state index in [4.69, 9.17) is 0 Å². The molecule has 0 aliphatic carbocycles. The molecule has 3 aromatic rings. The van der Waals surface area contributed by atoms with Gasteiger partial charge in [0.25, 0.3) is 5.91 Å². The lowest BCUT2D eigenvalue weighted by atomic mass is 10.2. The fourth-order valence-electron chi connectivity index (χ4n) is 2.21. The fraction of sp³-hybridized carbons (Fsp3) is 0.125. The van der Waals surface area contributed by atoms with Crippen LogP contribution in [0.4, 0.5) is 9.39 Å². The molecule has 0 bridgehead atoms. The molecule has 1 amide bonds. The molecule has 6 heteroatoms. The molecule has 0 unspecified atom stereocenters. The number of carbonyl (C=O) groups excluding carboxylic acids is 1. The smallest absolute Gasteiger partial charge is 0.259 e. The minimum absolute atomic E-state index is 0.0360. The summed E-state index contributed by atoms with van der Waals surface area (Å²) in [5.74, 6) is -0.980. The largest absolute Gasteiger partial charge is 0.313 e. The minimum atomic E-state index is -0.529.